The summed E-state index contributed by atoms with van der Waals surface area (Å²) in [5.74, 6) is -0.370. The van der Waals surface area contributed by atoms with Crippen molar-refractivity contribution in [3.8, 4) is 22.3 Å². The largest absolute Gasteiger partial charge is 0.224 e. The van der Waals surface area contributed by atoms with Gasteiger partial charge in [0, 0.05) is 11.3 Å². The van der Waals surface area contributed by atoms with Crippen molar-refractivity contribution in [2.75, 3.05) is 0 Å². The highest BCUT2D eigenvalue weighted by atomic mass is 19.1. The Labute approximate surface area is 187 Å². The summed E-state index contributed by atoms with van der Waals surface area (Å²) in [5.41, 5.74) is 6.05. The van der Waals surface area contributed by atoms with Gasteiger partial charge in [0.1, 0.15) is 0 Å². The van der Waals surface area contributed by atoms with Gasteiger partial charge in [-0.2, -0.15) is 4.39 Å². The second-order valence-electron chi connectivity index (χ2n) is 8.54. The van der Waals surface area contributed by atoms with Gasteiger partial charge in [0.15, 0.2) is 0 Å². The lowest BCUT2D eigenvalue weighted by Crippen LogP contribution is -1.96. The van der Waals surface area contributed by atoms with Crippen LogP contribution in [0.1, 0.15) is 76.5 Å². The molecular formula is C29H36FN. The van der Waals surface area contributed by atoms with E-state index in [9.17, 15) is 4.39 Å². The van der Waals surface area contributed by atoms with E-state index in [1.54, 1.807) is 0 Å². The van der Waals surface area contributed by atoms with Gasteiger partial charge in [-0.15, -0.1) is 0 Å². The number of unbranched alkanes of at least 4 members (excludes halogenated alkanes) is 6. The summed E-state index contributed by atoms with van der Waals surface area (Å²) in [6.07, 6.45) is 12.0. The van der Waals surface area contributed by atoms with Gasteiger partial charge in [0.2, 0.25) is 5.95 Å². The third kappa shape index (κ3) is 7.02. The first-order valence-corrected chi connectivity index (χ1v) is 12.1. The fraction of sp³-hybridized carbons (Fsp3) is 0.414. The van der Waals surface area contributed by atoms with Gasteiger partial charge >= 0.3 is 0 Å². The number of hydrogen-bond acceptors (Lipinski definition) is 1. The third-order valence-corrected chi connectivity index (χ3v) is 6.00. The van der Waals surface area contributed by atoms with E-state index in [4.69, 9.17) is 0 Å². The third-order valence-electron chi connectivity index (χ3n) is 6.00. The van der Waals surface area contributed by atoms with Crippen LogP contribution in [0.4, 0.5) is 4.39 Å². The molecule has 0 radical (unpaired) electrons. The minimum atomic E-state index is -0.370. The monoisotopic (exact) mass is 417 g/mol. The molecular weight excluding hydrogens is 381 g/mol. The van der Waals surface area contributed by atoms with Gasteiger partial charge in [0.25, 0.3) is 0 Å². The van der Waals surface area contributed by atoms with Gasteiger partial charge in [-0.05, 0) is 60.1 Å². The molecule has 0 fully saturated rings. The molecule has 3 rings (SSSR count). The quantitative estimate of drug-likeness (QED) is 0.212. The predicted octanol–water partition coefficient (Wildman–Crippen LogP) is 8.80. The summed E-state index contributed by atoms with van der Waals surface area (Å²) >= 11 is 0. The smallest absolute Gasteiger partial charge is 0.220 e. The number of halogens is 1. The molecule has 3 aromatic rings. The van der Waals surface area contributed by atoms with Crippen molar-refractivity contribution in [2.45, 2.75) is 78.1 Å². The summed E-state index contributed by atoms with van der Waals surface area (Å²) in [6, 6.07) is 20.8. The van der Waals surface area contributed by atoms with Gasteiger partial charge < -0.3 is 0 Å². The Bertz CT molecular complexity index is 912. The average Bonchev–Trinajstić information content (AvgIpc) is 2.80. The number of aromatic nitrogens is 1. The van der Waals surface area contributed by atoms with E-state index in [1.807, 2.05) is 24.3 Å². The topological polar surface area (TPSA) is 12.9 Å². The molecule has 0 aliphatic carbocycles. The highest BCUT2D eigenvalue weighted by Gasteiger charge is 2.08. The lowest BCUT2D eigenvalue weighted by atomic mass is 9.98. The van der Waals surface area contributed by atoms with Crippen molar-refractivity contribution in [3.63, 3.8) is 0 Å². The van der Waals surface area contributed by atoms with Crippen molar-refractivity contribution in [3.05, 3.63) is 77.9 Å². The van der Waals surface area contributed by atoms with Gasteiger partial charge in [0.05, 0.1) is 0 Å². The molecule has 0 bridgehead atoms. The zero-order chi connectivity index (χ0) is 21.9. The zero-order valence-corrected chi connectivity index (χ0v) is 19.2. The molecule has 1 heterocycles. The van der Waals surface area contributed by atoms with E-state index in [0.717, 1.165) is 48.9 Å². The maximum Gasteiger partial charge on any atom is 0.220 e. The molecule has 0 N–H and O–H groups in total. The van der Waals surface area contributed by atoms with Crippen LogP contribution < -0.4 is 0 Å². The maximum atomic E-state index is 14.6. The van der Waals surface area contributed by atoms with E-state index in [-0.39, 0.29) is 5.95 Å². The molecule has 0 atom stereocenters. The highest BCUT2D eigenvalue weighted by molar-refractivity contribution is 5.70. The molecule has 0 aliphatic rings. The first-order chi connectivity index (χ1) is 15.2. The van der Waals surface area contributed by atoms with Crippen molar-refractivity contribution in [1.82, 2.24) is 4.98 Å². The minimum Gasteiger partial charge on any atom is -0.224 e. The number of nitrogens with zero attached hydrogens (tertiary/aromatic N) is 1. The van der Waals surface area contributed by atoms with Crippen LogP contribution in [0.2, 0.25) is 0 Å². The van der Waals surface area contributed by atoms with Crippen molar-refractivity contribution in [2.24, 2.45) is 0 Å². The predicted molar refractivity (Wildman–Crippen MR) is 131 cm³/mol. The van der Waals surface area contributed by atoms with Crippen LogP contribution in [0.3, 0.4) is 0 Å². The van der Waals surface area contributed by atoms with E-state index in [0.29, 0.717) is 5.56 Å². The lowest BCUT2D eigenvalue weighted by molar-refractivity contribution is 0.576. The fourth-order valence-corrected chi connectivity index (χ4v) is 4.02. The van der Waals surface area contributed by atoms with Crippen LogP contribution in [-0.4, -0.2) is 4.98 Å². The molecule has 2 aromatic carbocycles. The summed E-state index contributed by atoms with van der Waals surface area (Å²) < 4.78 is 14.6. The van der Waals surface area contributed by atoms with E-state index in [1.165, 1.54) is 43.2 Å². The molecule has 0 unspecified atom stereocenters. The van der Waals surface area contributed by atoms with Gasteiger partial charge in [-0.1, -0.05) is 101 Å². The van der Waals surface area contributed by atoms with Crippen molar-refractivity contribution in [1.29, 1.82) is 0 Å². The first-order valence-electron chi connectivity index (χ1n) is 12.1. The lowest BCUT2D eigenvalue weighted by Gasteiger charge is -2.08. The number of pyridine rings is 1. The van der Waals surface area contributed by atoms with Crippen LogP contribution in [-0.2, 0) is 12.8 Å². The Morgan fingerprint density at radius 1 is 0.581 bits per heavy atom. The number of hydrogen-bond donors (Lipinski definition) is 0. The van der Waals surface area contributed by atoms with Crippen LogP contribution in [0, 0.1) is 5.95 Å². The molecule has 164 valence electrons. The molecule has 0 saturated heterocycles. The molecule has 0 spiro atoms. The number of benzene rings is 2. The van der Waals surface area contributed by atoms with E-state index < -0.39 is 0 Å². The van der Waals surface area contributed by atoms with Crippen LogP contribution in [0.5, 0.6) is 0 Å². The minimum absolute atomic E-state index is 0.370. The Kier molecular flexibility index (Phi) is 9.27. The first kappa shape index (κ1) is 23.2. The summed E-state index contributed by atoms with van der Waals surface area (Å²) in [7, 11) is 0. The summed E-state index contributed by atoms with van der Waals surface area (Å²) in [4.78, 5) is 4.19. The molecule has 1 nitrogen and oxygen atoms in total. The molecule has 31 heavy (non-hydrogen) atoms. The Balaban J connectivity index is 1.61. The average molecular weight is 418 g/mol. The van der Waals surface area contributed by atoms with E-state index in [2.05, 4.69) is 55.2 Å². The summed E-state index contributed by atoms with van der Waals surface area (Å²) in [6.45, 7) is 4.43. The molecule has 0 aliphatic heterocycles. The standard InChI is InChI=1S/C29H36FN/c1-3-5-7-8-10-11-23-13-15-24(16-14-23)25-17-19-26(20-18-25)28-22-21-27(31-29(28)30)12-9-6-4-2/h13-22H,3-12H2,1-2H3. The number of aryl methyl sites for hydroxylation is 2. The molecule has 2 heteroatoms. The second-order valence-corrected chi connectivity index (χ2v) is 8.54. The number of rotatable bonds is 12. The van der Waals surface area contributed by atoms with Gasteiger partial charge in [-0.25, -0.2) is 4.98 Å². The molecule has 0 saturated carbocycles. The Morgan fingerprint density at radius 2 is 1.13 bits per heavy atom. The van der Waals surface area contributed by atoms with Crippen LogP contribution in [0.25, 0.3) is 22.3 Å². The normalized spacial score (nSPS) is 11.1. The second kappa shape index (κ2) is 12.4. The van der Waals surface area contributed by atoms with Crippen LogP contribution >= 0.6 is 0 Å². The van der Waals surface area contributed by atoms with Crippen LogP contribution in [0.15, 0.2) is 60.7 Å². The zero-order valence-electron chi connectivity index (χ0n) is 19.2. The Hall–Kier alpha value is -2.48. The highest BCUT2D eigenvalue weighted by Crippen LogP contribution is 2.27. The van der Waals surface area contributed by atoms with Crippen molar-refractivity contribution < 1.29 is 4.39 Å². The van der Waals surface area contributed by atoms with Gasteiger partial charge in [-0.3, -0.25) is 0 Å². The van der Waals surface area contributed by atoms with E-state index >= 15 is 0 Å². The Morgan fingerprint density at radius 3 is 1.77 bits per heavy atom. The molecule has 0 amide bonds. The SMILES string of the molecule is CCCCCCCc1ccc(-c2ccc(-c3ccc(CCCCC)nc3F)cc2)cc1. The summed E-state index contributed by atoms with van der Waals surface area (Å²) in [5, 5.41) is 0. The fourth-order valence-electron chi connectivity index (χ4n) is 4.02. The molecule has 1 aromatic heterocycles. The van der Waals surface area contributed by atoms with Crippen molar-refractivity contribution >= 4 is 0 Å². The maximum absolute atomic E-state index is 14.6.